The lowest BCUT2D eigenvalue weighted by Gasteiger charge is -1.98. The first kappa shape index (κ1) is 12.1. The van der Waals surface area contributed by atoms with Crippen molar-refractivity contribution in [2.45, 2.75) is 13.8 Å². The smallest absolute Gasteiger partial charge is 0.248 e. The molecule has 0 fully saturated rings. The van der Waals surface area contributed by atoms with Crippen LogP contribution in [-0.2, 0) is 0 Å². The highest BCUT2D eigenvalue weighted by Gasteiger charge is 2.11. The number of allylic oxidation sites excluding steroid dienone is 2. The number of aliphatic hydroxyl groups excluding tert-OH is 1. The zero-order chi connectivity index (χ0) is 13.1. The third-order valence-corrected chi connectivity index (χ3v) is 2.52. The minimum absolute atomic E-state index is 0.0388. The molecular formula is C14H14N2O2. The van der Waals surface area contributed by atoms with Gasteiger partial charge in [-0.25, -0.2) is 0 Å². The maximum atomic E-state index is 9.09. The van der Waals surface area contributed by atoms with E-state index in [0.29, 0.717) is 17.4 Å². The largest absolute Gasteiger partial charge is 0.509 e. The second kappa shape index (κ2) is 4.87. The van der Waals surface area contributed by atoms with Gasteiger partial charge in [0.2, 0.25) is 11.8 Å². The summed E-state index contributed by atoms with van der Waals surface area (Å²) >= 11 is 0. The van der Waals surface area contributed by atoms with E-state index < -0.39 is 0 Å². The normalized spacial score (nSPS) is 11.6. The van der Waals surface area contributed by atoms with E-state index in [1.54, 1.807) is 6.92 Å². The third-order valence-electron chi connectivity index (χ3n) is 2.52. The molecular weight excluding hydrogens is 228 g/mol. The molecule has 1 heterocycles. The van der Waals surface area contributed by atoms with Crippen LogP contribution in [0.2, 0.25) is 0 Å². The number of rotatable bonds is 3. The van der Waals surface area contributed by atoms with Crippen LogP contribution in [0.15, 0.2) is 47.1 Å². The fourth-order valence-corrected chi connectivity index (χ4v) is 1.62. The van der Waals surface area contributed by atoms with Gasteiger partial charge < -0.3 is 9.52 Å². The number of hydrogen-bond acceptors (Lipinski definition) is 4. The van der Waals surface area contributed by atoms with E-state index >= 15 is 0 Å². The molecule has 0 spiro atoms. The van der Waals surface area contributed by atoms with E-state index in [2.05, 4.69) is 16.8 Å². The number of hydrogen-bond donors (Lipinski definition) is 1. The molecule has 0 aliphatic carbocycles. The molecule has 1 aromatic carbocycles. The predicted molar refractivity (Wildman–Crippen MR) is 69.9 cm³/mol. The van der Waals surface area contributed by atoms with Crippen molar-refractivity contribution in [3.8, 4) is 11.5 Å². The van der Waals surface area contributed by atoms with E-state index in [1.165, 1.54) is 6.08 Å². The first-order valence-electron chi connectivity index (χ1n) is 5.54. The van der Waals surface area contributed by atoms with Gasteiger partial charge >= 0.3 is 0 Å². The van der Waals surface area contributed by atoms with Crippen LogP contribution in [-0.4, -0.2) is 15.3 Å². The topological polar surface area (TPSA) is 59.2 Å². The predicted octanol–water partition coefficient (Wildman–Crippen LogP) is 3.52. The number of nitrogens with zero attached hydrogens (tertiary/aromatic N) is 2. The van der Waals surface area contributed by atoms with E-state index in [-0.39, 0.29) is 5.76 Å². The maximum absolute atomic E-state index is 9.09. The fraction of sp³-hybridized carbons (Fsp3) is 0.143. The third kappa shape index (κ3) is 2.48. The maximum Gasteiger partial charge on any atom is 0.248 e. The molecule has 0 atom stereocenters. The van der Waals surface area contributed by atoms with E-state index in [4.69, 9.17) is 9.52 Å². The Hall–Kier alpha value is -2.36. The molecule has 1 N–H and O–H groups in total. The monoisotopic (exact) mass is 242 g/mol. The van der Waals surface area contributed by atoms with Gasteiger partial charge in [-0.05, 0) is 31.6 Å². The first-order valence-corrected chi connectivity index (χ1v) is 5.54. The van der Waals surface area contributed by atoms with Gasteiger partial charge in [-0.15, -0.1) is 10.2 Å². The molecule has 2 aromatic rings. The summed E-state index contributed by atoms with van der Waals surface area (Å²) in [6, 6.07) is 7.79. The summed E-state index contributed by atoms with van der Waals surface area (Å²) in [6.45, 7) is 7.15. The Kier molecular flexibility index (Phi) is 3.28. The summed E-state index contributed by atoms with van der Waals surface area (Å²) < 4.78 is 5.57. The van der Waals surface area contributed by atoms with Crippen LogP contribution in [0, 0.1) is 6.92 Å². The van der Waals surface area contributed by atoms with Crippen molar-refractivity contribution in [1.29, 1.82) is 0 Å². The van der Waals surface area contributed by atoms with Crippen molar-refractivity contribution in [2.24, 2.45) is 0 Å². The quantitative estimate of drug-likeness (QED) is 0.660. The van der Waals surface area contributed by atoms with Crippen molar-refractivity contribution in [1.82, 2.24) is 10.2 Å². The Morgan fingerprint density at radius 2 is 2.06 bits per heavy atom. The van der Waals surface area contributed by atoms with Crippen molar-refractivity contribution in [2.75, 3.05) is 0 Å². The lowest BCUT2D eigenvalue weighted by molar-refractivity contribution is 0.435. The molecule has 0 unspecified atom stereocenters. The Morgan fingerprint density at radius 3 is 2.72 bits per heavy atom. The Bertz CT molecular complexity index is 612. The van der Waals surface area contributed by atoms with Gasteiger partial charge in [0.1, 0.15) is 5.76 Å². The molecule has 92 valence electrons. The summed E-state index contributed by atoms with van der Waals surface area (Å²) in [5.41, 5.74) is 2.66. The van der Waals surface area contributed by atoms with Gasteiger partial charge in [0, 0.05) is 11.1 Å². The standard InChI is InChI=1S/C14H14N2O2/c1-9-6-4-5-7-12(9)14-16-15-13(18-14)10(2)8-11(3)17/h4-8,17H,3H2,1-2H3/b10-8+. The van der Waals surface area contributed by atoms with Gasteiger partial charge in [0.25, 0.3) is 0 Å². The van der Waals surface area contributed by atoms with Crippen LogP contribution in [0.25, 0.3) is 17.0 Å². The zero-order valence-corrected chi connectivity index (χ0v) is 10.3. The molecule has 2 rings (SSSR count). The van der Waals surface area contributed by atoms with Crippen LogP contribution >= 0.6 is 0 Å². The summed E-state index contributed by atoms with van der Waals surface area (Å²) in [4.78, 5) is 0. The Morgan fingerprint density at radius 1 is 1.33 bits per heavy atom. The summed E-state index contributed by atoms with van der Waals surface area (Å²) in [7, 11) is 0. The molecule has 0 radical (unpaired) electrons. The number of aryl methyl sites for hydroxylation is 1. The van der Waals surface area contributed by atoms with Crippen molar-refractivity contribution < 1.29 is 9.52 Å². The Balaban J connectivity index is 2.37. The molecule has 4 heteroatoms. The first-order chi connectivity index (χ1) is 8.58. The fourth-order valence-electron chi connectivity index (χ4n) is 1.62. The van der Waals surface area contributed by atoms with Crippen LogP contribution in [0.1, 0.15) is 18.4 Å². The van der Waals surface area contributed by atoms with E-state index in [9.17, 15) is 0 Å². The number of benzene rings is 1. The van der Waals surface area contributed by atoms with Gasteiger partial charge in [0.15, 0.2) is 0 Å². The molecule has 0 amide bonds. The zero-order valence-electron chi connectivity index (χ0n) is 10.3. The van der Waals surface area contributed by atoms with Crippen LogP contribution in [0.4, 0.5) is 0 Å². The van der Waals surface area contributed by atoms with Crippen molar-refractivity contribution in [3.05, 3.63) is 54.1 Å². The van der Waals surface area contributed by atoms with Crippen LogP contribution in [0.3, 0.4) is 0 Å². The lowest BCUT2D eigenvalue weighted by Crippen LogP contribution is -1.81. The highest BCUT2D eigenvalue weighted by atomic mass is 16.4. The molecule has 0 aliphatic heterocycles. The molecule has 1 aromatic heterocycles. The molecule has 0 bridgehead atoms. The summed E-state index contributed by atoms with van der Waals surface area (Å²) in [5, 5.41) is 17.0. The summed E-state index contributed by atoms with van der Waals surface area (Å²) in [5.74, 6) is 0.811. The lowest BCUT2D eigenvalue weighted by atomic mass is 10.1. The molecule has 0 aliphatic rings. The minimum atomic E-state index is -0.0388. The second-order valence-corrected chi connectivity index (χ2v) is 4.05. The van der Waals surface area contributed by atoms with Crippen molar-refractivity contribution >= 4 is 5.57 Å². The number of aliphatic hydroxyl groups is 1. The molecule has 0 saturated carbocycles. The minimum Gasteiger partial charge on any atom is -0.509 e. The second-order valence-electron chi connectivity index (χ2n) is 4.05. The van der Waals surface area contributed by atoms with E-state index in [1.807, 2.05) is 31.2 Å². The van der Waals surface area contributed by atoms with Crippen LogP contribution in [0.5, 0.6) is 0 Å². The van der Waals surface area contributed by atoms with Gasteiger partial charge in [-0.2, -0.15) is 0 Å². The SMILES string of the molecule is C=C(O)/C=C(\C)c1nnc(-c2ccccc2C)o1. The average Bonchev–Trinajstić information content (AvgIpc) is 2.78. The molecule has 18 heavy (non-hydrogen) atoms. The molecule has 4 nitrogen and oxygen atoms in total. The highest BCUT2D eigenvalue weighted by molar-refractivity contribution is 5.62. The average molecular weight is 242 g/mol. The number of aromatic nitrogens is 2. The van der Waals surface area contributed by atoms with Gasteiger partial charge in [0.05, 0.1) is 0 Å². The molecule has 0 saturated heterocycles. The van der Waals surface area contributed by atoms with Crippen molar-refractivity contribution in [3.63, 3.8) is 0 Å². The Labute approximate surface area is 105 Å². The highest BCUT2D eigenvalue weighted by Crippen LogP contribution is 2.24. The van der Waals surface area contributed by atoms with Gasteiger partial charge in [-0.1, -0.05) is 24.8 Å². The summed E-state index contributed by atoms with van der Waals surface area (Å²) in [6.07, 6.45) is 1.48. The van der Waals surface area contributed by atoms with E-state index in [0.717, 1.165) is 11.1 Å². The van der Waals surface area contributed by atoms with Gasteiger partial charge in [-0.3, -0.25) is 0 Å². The van der Waals surface area contributed by atoms with Crippen LogP contribution < -0.4 is 0 Å².